The summed E-state index contributed by atoms with van der Waals surface area (Å²) in [7, 11) is 0. The highest BCUT2D eigenvalue weighted by Crippen LogP contribution is 2.17. The van der Waals surface area contributed by atoms with E-state index in [1.165, 1.54) is 0 Å². The van der Waals surface area contributed by atoms with Crippen molar-refractivity contribution in [3.05, 3.63) is 48.8 Å². The van der Waals surface area contributed by atoms with E-state index in [1.807, 2.05) is 37.5 Å². The number of aromatic nitrogens is 4. The molecule has 1 N–H and O–H groups in total. The van der Waals surface area contributed by atoms with Gasteiger partial charge in [-0.15, -0.1) is 0 Å². The van der Waals surface area contributed by atoms with Crippen LogP contribution in [0.3, 0.4) is 0 Å². The maximum atomic E-state index is 12.6. The third-order valence-electron chi connectivity index (χ3n) is 4.21. The van der Waals surface area contributed by atoms with Gasteiger partial charge < -0.3 is 14.8 Å². The molecule has 1 aliphatic rings. The Kier molecular flexibility index (Phi) is 4.10. The zero-order valence-electron chi connectivity index (χ0n) is 13.8. The van der Waals surface area contributed by atoms with Crippen LogP contribution in [0.4, 0.5) is 0 Å². The number of carbonyl (C=O) groups is 1. The molecule has 25 heavy (non-hydrogen) atoms. The lowest BCUT2D eigenvalue weighted by atomic mass is 10.2. The van der Waals surface area contributed by atoms with Crippen molar-refractivity contribution in [3.63, 3.8) is 0 Å². The van der Waals surface area contributed by atoms with Crippen LogP contribution in [-0.4, -0.2) is 50.4 Å². The summed E-state index contributed by atoms with van der Waals surface area (Å²) < 4.78 is 15.0. The van der Waals surface area contributed by atoms with Crippen LogP contribution in [-0.2, 0) is 11.3 Å². The van der Waals surface area contributed by atoms with Crippen molar-refractivity contribution >= 4 is 11.4 Å². The molecule has 8 nitrogen and oxygen atoms in total. The van der Waals surface area contributed by atoms with Crippen LogP contribution in [0.25, 0.3) is 5.52 Å². The van der Waals surface area contributed by atoms with Crippen LogP contribution in [0, 0.1) is 0 Å². The van der Waals surface area contributed by atoms with Crippen LogP contribution in [0.15, 0.2) is 43.0 Å². The molecular formula is C17H19N5O3. The van der Waals surface area contributed by atoms with E-state index >= 15 is 0 Å². The SMILES string of the molecule is CCn1cc(O[C@@H]2COC[C@@H]2NC(=O)c2ncc3ccccn23)cn1. The third kappa shape index (κ3) is 3.08. The molecule has 0 unspecified atom stereocenters. The van der Waals surface area contributed by atoms with Gasteiger partial charge in [0.1, 0.15) is 6.10 Å². The summed E-state index contributed by atoms with van der Waals surface area (Å²) in [5, 5.41) is 7.15. The molecule has 4 rings (SSSR count). The van der Waals surface area contributed by atoms with E-state index in [2.05, 4.69) is 15.4 Å². The van der Waals surface area contributed by atoms with E-state index in [9.17, 15) is 4.79 Å². The van der Waals surface area contributed by atoms with Crippen LogP contribution >= 0.6 is 0 Å². The number of aryl methyl sites for hydroxylation is 1. The van der Waals surface area contributed by atoms with Crippen molar-refractivity contribution in [1.29, 1.82) is 0 Å². The summed E-state index contributed by atoms with van der Waals surface area (Å²) in [6.07, 6.45) is 6.73. The van der Waals surface area contributed by atoms with Crippen LogP contribution < -0.4 is 10.1 Å². The van der Waals surface area contributed by atoms with Crippen LogP contribution in [0.1, 0.15) is 17.5 Å². The molecule has 0 radical (unpaired) electrons. The number of ether oxygens (including phenoxy) is 2. The number of nitrogens with zero attached hydrogens (tertiary/aromatic N) is 4. The Balaban J connectivity index is 1.46. The molecule has 1 aliphatic heterocycles. The van der Waals surface area contributed by atoms with E-state index in [-0.39, 0.29) is 18.1 Å². The lowest BCUT2D eigenvalue weighted by Gasteiger charge is -2.19. The van der Waals surface area contributed by atoms with Crippen molar-refractivity contribution in [2.75, 3.05) is 13.2 Å². The Labute approximate surface area is 144 Å². The quantitative estimate of drug-likeness (QED) is 0.752. The fraction of sp³-hybridized carbons (Fsp3) is 0.353. The Morgan fingerprint density at radius 2 is 2.32 bits per heavy atom. The normalized spacial score (nSPS) is 20.0. The lowest BCUT2D eigenvalue weighted by molar-refractivity contribution is 0.0893. The molecular weight excluding hydrogens is 322 g/mol. The van der Waals surface area contributed by atoms with Gasteiger partial charge in [-0.3, -0.25) is 13.9 Å². The molecule has 0 aliphatic carbocycles. The summed E-state index contributed by atoms with van der Waals surface area (Å²) in [6, 6.07) is 5.43. The van der Waals surface area contributed by atoms with Gasteiger partial charge >= 0.3 is 0 Å². The summed E-state index contributed by atoms with van der Waals surface area (Å²) in [5.41, 5.74) is 0.870. The van der Waals surface area contributed by atoms with Crippen molar-refractivity contribution in [3.8, 4) is 5.75 Å². The Morgan fingerprint density at radius 3 is 3.16 bits per heavy atom. The summed E-state index contributed by atoms with van der Waals surface area (Å²) in [5.74, 6) is 0.766. The lowest BCUT2D eigenvalue weighted by Crippen LogP contribution is -2.45. The van der Waals surface area contributed by atoms with Gasteiger partial charge in [-0.2, -0.15) is 5.10 Å². The second-order valence-corrected chi connectivity index (χ2v) is 5.88. The highest BCUT2D eigenvalue weighted by atomic mass is 16.5. The largest absolute Gasteiger partial charge is 0.482 e. The molecule has 0 saturated carbocycles. The van der Waals surface area contributed by atoms with E-state index in [1.54, 1.807) is 21.5 Å². The van der Waals surface area contributed by atoms with E-state index in [4.69, 9.17) is 9.47 Å². The van der Waals surface area contributed by atoms with Crippen molar-refractivity contribution in [2.24, 2.45) is 0 Å². The van der Waals surface area contributed by atoms with Gasteiger partial charge in [-0.25, -0.2) is 4.98 Å². The monoisotopic (exact) mass is 341 g/mol. The molecule has 3 aromatic heterocycles. The predicted octanol–water partition coefficient (Wildman–Crippen LogP) is 1.13. The number of carbonyl (C=O) groups excluding carboxylic acids is 1. The highest BCUT2D eigenvalue weighted by molar-refractivity contribution is 5.92. The Morgan fingerprint density at radius 1 is 1.40 bits per heavy atom. The molecule has 2 atom stereocenters. The van der Waals surface area contributed by atoms with Crippen molar-refractivity contribution in [1.82, 2.24) is 24.5 Å². The highest BCUT2D eigenvalue weighted by Gasteiger charge is 2.32. The minimum absolute atomic E-state index is 0.242. The van der Waals surface area contributed by atoms with Gasteiger partial charge in [0.2, 0.25) is 5.82 Å². The van der Waals surface area contributed by atoms with Crippen molar-refractivity contribution in [2.45, 2.75) is 25.6 Å². The fourth-order valence-electron chi connectivity index (χ4n) is 2.88. The number of imidazole rings is 1. The zero-order chi connectivity index (χ0) is 17.2. The van der Waals surface area contributed by atoms with Crippen LogP contribution in [0.5, 0.6) is 5.75 Å². The first-order valence-corrected chi connectivity index (χ1v) is 8.24. The van der Waals surface area contributed by atoms with E-state index < -0.39 is 0 Å². The van der Waals surface area contributed by atoms with Gasteiger partial charge in [-0.1, -0.05) is 6.07 Å². The maximum absolute atomic E-state index is 12.6. The summed E-state index contributed by atoms with van der Waals surface area (Å²) >= 11 is 0. The first-order valence-electron chi connectivity index (χ1n) is 8.24. The molecule has 130 valence electrons. The number of pyridine rings is 1. The fourth-order valence-corrected chi connectivity index (χ4v) is 2.88. The first-order chi connectivity index (χ1) is 12.2. The van der Waals surface area contributed by atoms with E-state index in [0.29, 0.717) is 24.8 Å². The molecule has 3 aromatic rings. The first kappa shape index (κ1) is 15.6. The molecule has 0 spiro atoms. The molecule has 0 aromatic carbocycles. The molecule has 8 heteroatoms. The number of nitrogens with one attached hydrogen (secondary N) is 1. The number of hydrogen-bond donors (Lipinski definition) is 1. The summed E-state index contributed by atoms with van der Waals surface area (Å²) in [4.78, 5) is 16.8. The van der Waals surface area contributed by atoms with Gasteiger partial charge in [0.05, 0.1) is 43.4 Å². The standard InChI is InChI=1S/C17H19N5O3/c1-2-21-9-13(8-19-21)25-15-11-24-10-14(15)20-17(23)16-18-7-12-5-3-4-6-22(12)16/h3-9,14-15H,2,10-11H2,1H3,(H,20,23)/t14-,15+/m0/s1. The minimum atomic E-state index is -0.260. The second-order valence-electron chi connectivity index (χ2n) is 5.88. The number of hydrogen-bond acceptors (Lipinski definition) is 5. The topological polar surface area (TPSA) is 82.7 Å². The summed E-state index contributed by atoms with van der Waals surface area (Å²) in [6.45, 7) is 3.61. The molecule has 0 bridgehead atoms. The van der Waals surface area contributed by atoms with Gasteiger partial charge in [-0.05, 0) is 19.1 Å². The maximum Gasteiger partial charge on any atom is 0.288 e. The van der Waals surface area contributed by atoms with E-state index in [0.717, 1.165) is 12.1 Å². The minimum Gasteiger partial charge on any atom is -0.482 e. The smallest absolute Gasteiger partial charge is 0.288 e. The number of fused-ring (bicyclic) bond motifs is 1. The number of amides is 1. The van der Waals surface area contributed by atoms with Gasteiger partial charge in [0.25, 0.3) is 5.91 Å². The average molecular weight is 341 g/mol. The van der Waals surface area contributed by atoms with Crippen LogP contribution in [0.2, 0.25) is 0 Å². The Bertz CT molecular complexity index is 887. The molecule has 4 heterocycles. The van der Waals surface area contributed by atoms with Crippen molar-refractivity contribution < 1.29 is 14.3 Å². The molecule has 1 amide bonds. The zero-order valence-corrected chi connectivity index (χ0v) is 13.8. The van der Waals surface area contributed by atoms with Gasteiger partial charge in [0.15, 0.2) is 5.75 Å². The Hall–Kier alpha value is -2.87. The molecule has 1 fully saturated rings. The average Bonchev–Trinajstić information content (AvgIpc) is 3.35. The second kappa shape index (κ2) is 6.56. The molecule has 1 saturated heterocycles. The van der Waals surface area contributed by atoms with Gasteiger partial charge in [0, 0.05) is 12.7 Å². The number of rotatable bonds is 5. The predicted molar refractivity (Wildman–Crippen MR) is 89.6 cm³/mol. The third-order valence-corrected chi connectivity index (χ3v) is 4.21.